The molecule has 1 aliphatic heterocycles. The molecule has 1 saturated heterocycles. The van der Waals surface area contributed by atoms with Gasteiger partial charge < -0.3 is 10.4 Å². The number of β-amino-alcohol motifs (C(OH)–C–C–N with tert-alkyl or cyclic N) is 1. The van der Waals surface area contributed by atoms with Crippen LogP contribution in [0, 0.1) is 0 Å². The lowest BCUT2D eigenvalue weighted by Gasteiger charge is -2.37. The topological polar surface area (TPSA) is 45.1 Å². The van der Waals surface area contributed by atoms with Gasteiger partial charge in [0.25, 0.3) is 0 Å². The Hall–Kier alpha value is -0.930. The van der Waals surface area contributed by atoms with Crippen LogP contribution in [-0.4, -0.2) is 28.8 Å². The number of hydrogen-bond acceptors (Lipinski definition) is 3. The minimum absolute atomic E-state index is 0.555. The Morgan fingerprint density at radius 2 is 2.29 bits per heavy atom. The van der Waals surface area contributed by atoms with Crippen LogP contribution in [0.5, 0.6) is 0 Å². The molecule has 3 nitrogen and oxygen atoms in total. The van der Waals surface area contributed by atoms with E-state index in [0.29, 0.717) is 19.5 Å². The number of rotatable bonds is 3. The van der Waals surface area contributed by atoms with E-state index in [0.717, 1.165) is 12.1 Å². The predicted octanol–water partition coefficient (Wildman–Crippen LogP) is 0.521. The van der Waals surface area contributed by atoms with E-state index < -0.39 is 5.60 Å². The first-order valence-electron chi connectivity index (χ1n) is 5.09. The highest BCUT2D eigenvalue weighted by molar-refractivity contribution is 5.16. The second-order valence-electron chi connectivity index (χ2n) is 4.02. The van der Waals surface area contributed by atoms with Crippen molar-refractivity contribution >= 4 is 0 Å². The minimum Gasteiger partial charge on any atom is -0.387 e. The maximum atomic E-state index is 9.89. The molecule has 0 saturated carbocycles. The van der Waals surface area contributed by atoms with Crippen LogP contribution < -0.4 is 5.32 Å². The SMILES string of the molecule is CCc1ccc(CC2(O)CNC2)nc1. The first kappa shape index (κ1) is 9.62. The summed E-state index contributed by atoms with van der Waals surface area (Å²) < 4.78 is 0. The lowest BCUT2D eigenvalue weighted by molar-refractivity contribution is -0.00981. The molecule has 1 aromatic heterocycles. The molecule has 1 aliphatic rings. The third-order valence-electron chi connectivity index (χ3n) is 2.71. The highest BCUT2D eigenvalue weighted by Gasteiger charge is 2.34. The number of nitrogens with one attached hydrogen (secondary N) is 1. The highest BCUT2D eigenvalue weighted by atomic mass is 16.3. The van der Waals surface area contributed by atoms with Gasteiger partial charge in [0.05, 0.1) is 5.60 Å². The average Bonchev–Trinajstić information content (AvgIpc) is 2.17. The third kappa shape index (κ3) is 1.94. The van der Waals surface area contributed by atoms with Gasteiger partial charge in [-0.15, -0.1) is 0 Å². The van der Waals surface area contributed by atoms with Crippen LogP contribution in [0.4, 0.5) is 0 Å². The van der Waals surface area contributed by atoms with Crippen LogP contribution in [-0.2, 0) is 12.8 Å². The van der Waals surface area contributed by atoms with Gasteiger partial charge in [-0.1, -0.05) is 13.0 Å². The molecule has 0 aromatic carbocycles. The summed E-state index contributed by atoms with van der Waals surface area (Å²) in [6.45, 7) is 3.48. The van der Waals surface area contributed by atoms with Gasteiger partial charge in [-0.05, 0) is 18.1 Å². The molecular weight excluding hydrogens is 176 g/mol. The van der Waals surface area contributed by atoms with Crippen LogP contribution in [0.3, 0.4) is 0 Å². The summed E-state index contributed by atoms with van der Waals surface area (Å²) in [6.07, 6.45) is 3.56. The summed E-state index contributed by atoms with van der Waals surface area (Å²) in [5.74, 6) is 0. The fourth-order valence-electron chi connectivity index (χ4n) is 1.64. The van der Waals surface area contributed by atoms with Crippen molar-refractivity contribution in [3.05, 3.63) is 29.6 Å². The Morgan fingerprint density at radius 1 is 1.50 bits per heavy atom. The van der Waals surface area contributed by atoms with Gasteiger partial charge in [-0.2, -0.15) is 0 Å². The zero-order valence-corrected chi connectivity index (χ0v) is 8.45. The molecule has 1 aromatic rings. The highest BCUT2D eigenvalue weighted by Crippen LogP contribution is 2.16. The monoisotopic (exact) mass is 192 g/mol. The van der Waals surface area contributed by atoms with Gasteiger partial charge >= 0.3 is 0 Å². The van der Waals surface area contributed by atoms with E-state index in [2.05, 4.69) is 23.3 Å². The summed E-state index contributed by atoms with van der Waals surface area (Å²) in [6, 6.07) is 4.09. The van der Waals surface area contributed by atoms with Crippen LogP contribution in [0.25, 0.3) is 0 Å². The van der Waals surface area contributed by atoms with E-state index in [1.165, 1.54) is 5.56 Å². The number of pyridine rings is 1. The summed E-state index contributed by atoms with van der Waals surface area (Å²) in [4.78, 5) is 4.33. The van der Waals surface area contributed by atoms with E-state index in [1.54, 1.807) is 0 Å². The van der Waals surface area contributed by atoms with Crippen molar-refractivity contribution in [1.82, 2.24) is 10.3 Å². The molecule has 14 heavy (non-hydrogen) atoms. The molecule has 2 heterocycles. The standard InChI is InChI=1S/C11H16N2O/c1-2-9-3-4-10(13-6-9)5-11(14)7-12-8-11/h3-4,6,12,14H,2,5,7-8H2,1H3. The Balaban J connectivity index is 2.02. The predicted molar refractivity (Wildman–Crippen MR) is 55.1 cm³/mol. The number of aryl methyl sites for hydroxylation is 1. The van der Waals surface area contributed by atoms with Gasteiger partial charge in [0.2, 0.25) is 0 Å². The lowest BCUT2D eigenvalue weighted by Crippen LogP contribution is -2.60. The Kier molecular flexibility index (Phi) is 2.52. The molecule has 0 radical (unpaired) electrons. The Morgan fingerprint density at radius 3 is 2.71 bits per heavy atom. The first-order valence-corrected chi connectivity index (χ1v) is 5.09. The second kappa shape index (κ2) is 3.67. The molecule has 2 N–H and O–H groups in total. The van der Waals surface area contributed by atoms with Crippen molar-refractivity contribution in [3.63, 3.8) is 0 Å². The maximum absolute atomic E-state index is 9.89. The van der Waals surface area contributed by atoms with Crippen molar-refractivity contribution in [1.29, 1.82) is 0 Å². The molecule has 0 amide bonds. The summed E-state index contributed by atoms with van der Waals surface area (Å²) in [5.41, 5.74) is 1.67. The lowest BCUT2D eigenvalue weighted by atomic mass is 9.91. The molecule has 3 heteroatoms. The van der Waals surface area contributed by atoms with Crippen molar-refractivity contribution < 1.29 is 5.11 Å². The van der Waals surface area contributed by atoms with E-state index in [-0.39, 0.29) is 0 Å². The number of hydrogen-bond donors (Lipinski definition) is 2. The van der Waals surface area contributed by atoms with Gasteiger partial charge in [0, 0.05) is 31.4 Å². The quantitative estimate of drug-likeness (QED) is 0.734. The molecule has 0 spiro atoms. The van der Waals surface area contributed by atoms with E-state index in [1.807, 2.05) is 12.3 Å². The number of nitrogens with zero attached hydrogens (tertiary/aromatic N) is 1. The molecule has 2 rings (SSSR count). The molecule has 1 fully saturated rings. The van der Waals surface area contributed by atoms with Crippen LogP contribution in [0.1, 0.15) is 18.2 Å². The molecule has 0 atom stereocenters. The summed E-state index contributed by atoms with van der Waals surface area (Å²) >= 11 is 0. The van der Waals surface area contributed by atoms with Crippen molar-refractivity contribution in [2.75, 3.05) is 13.1 Å². The normalized spacial score (nSPS) is 19.0. The smallest absolute Gasteiger partial charge is 0.0950 e. The molecule has 0 bridgehead atoms. The van der Waals surface area contributed by atoms with Crippen LogP contribution in [0.2, 0.25) is 0 Å². The van der Waals surface area contributed by atoms with Crippen molar-refractivity contribution in [2.24, 2.45) is 0 Å². The maximum Gasteiger partial charge on any atom is 0.0950 e. The average molecular weight is 192 g/mol. The van der Waals surface area contributed by atoms with E-state index in [9.17, 15) is 5.11 Å². The van der Waals surface area contributed by atoms with Crippen molar-refractivity contribution in [2.45, 2.75) is 25.4 Å². The zero-order chi connectivity index (χ0) is 10.0. The third-order valence-corrected chi connectivity index (χ3v) is 2.71. The zero-order valence-electron chi connectivity index (χ0n) is 8.45. The van der Waals surface area contributed by atoms with Crippen molar-refractivity contribution in [3.8, 4) is 0 Å². The second-order valence-corrected chi connectivity index (χ2v) is 4.02. The van der Waals surface area contributed by atoms with Gasteiger partial charge in [0.15, 0.2) is 0 Å². The first-order chi connectivity index (χ1) is 6.72. The Labute approximate surface area is 84.2 Å². The molecular formula is C11H16N2O. The fourth-order valence-corrected chi connectivity index (χ4v) is 1.64. The number of aliphatic hydroxyl groups is 1. The molecule has 0 aliphatic carbocycles. The van der Waals surface area contributed by atoms with E-state index in [4.69, 9.17) is 0 Å². The van der Waals surface area contributed by atoms with E-state index >= 15 is 0 Å². The molecule has 0 unspecified atom stereocenters. The van der Waals surface area contributed by atoms with Crippen LogP contribution in [0.15, 0.2) is 18.3 Å². The van der Waals surface area contributed by atoms with Gasteiger partial charge in [0.1, 0.15) is 0 Å². The van der Waals surface area contributed by atoms with Gasteiger partial charge in [-0.25, -0.2) is 0 Å². The minimum atomic E-state index is -0.555. The van der Waals surface area contributed by atoms with Crippen LogP contribution >= 0.6 is 0 Å². The fraction of sp³-hybridized carbons (Fsp3) is 0.545. The Bertz CT molecular complexity index is 304. The number of aromatic nitrogens is 1. The summed E-state index contributed by atoms with van der Waals surface area (Å²) in [7, 11) is 0. The largest absolute Gasteiger partial charge is 0.387 e. The van der Waals surface area contributed by atoms with Gasteiger partial charge in [-0.3, -0.25) is 4.98 Å². The molecule has 76 valence electrons. The summed E-state index contributed by atoms with van der Waals surface area (Å²) in [5, 5.41) is 13.0.